The van der Waals surface area contributed by atoms with Crippen LogP contribution in [0.1, 0.15) is 66.3 Å². The molecule has 2 atom stereocenters. The van der Waals surface area contributed by atoms with Crippen LogP contribution in [0.3, 0.4) is 0 Å². The van der Waals surface area contributed by atoms with Crippen molar-refractivity contribution in [2.45, 2.75) is 52.1 Å². The zero-order valence-electron chi connectivity index (χ0n) is 19.5. The summed E-state index contributed by atoms with van der Waals surface area (Å²) in [5.74, 6) is -0.170. The van der Waals surface area contributed by atoms with Gasteiger partial charge in [0.05, 0.1) is 31.3 Å². The Morgan fingerprint density at radius 2 is 1.85 bits per heavy atom. The molecule has 0 saturated heterocycles. The molecule has 1 aliphatic rings. The van der Waals surface area contributed by atoms with Gasteiger partial charge in [0.2, 0.25) is 0 Å². The molecule has 3 rings (SSSR count). The van der Waals surface area contributed by atoms with E-state index in [0.717, 1.165) is 17.5 Å². The molecule has 8 heteroatoms. The largest absolute Gasteiger partial charge is 0.507 e. The van der Waals surface area contributed by atoms with Gasteiger partial charge in [0.1, 0.15) is 17.2 Å². The minimum atomic E-state index is -0.912. The maximum absolute atomic E-state index is 11.7. The number of carbonyl (C=O) groups excluding carboxylic acids is 1. The number of aliphatic hydroxyl groups is 1. The van der Waals surface area contributed by atoms with E-state index >= 15 is 0 Å². The number of ether oxygens (including phenoxy) is 2. The topological polar surface area (TPSA) is 113 Å². The number of benzene rings is 2. The summed E-state index contributed by atoms with van der Waals surface area (Å²) in [5.41, 5.74) is 2.64. The quantitative estimate of drug-likeness (QED) is 0.263. The van der Waals surface area contributed by atoms with E-state index in [4.69, 9.17) is 14.6 Å². The molecular weight excluding hydrogens is 435 g/mol. The Balaban J connectivity index is 0.00000385. The van der Waals surface area contributed by atoms with Crippen molar-refractivity contribution in [1.29, 1.82) is 0 Å². The summed E-state index contributed by atoms with van der Waals surface area (Å²) in [6.07, 6.45) is 1.74. The van der Waals surface area contributed by atoms with Crippen LogP contribution in [-0.2, 0) is 17.6 Å². The van der Waals surface area contributed by atoms with Gasteiger partial charge in [-0.05, 0) is 55.2 Å². The van der Waals surface area contributed by atoms with E-state index in [1.807, 2.05) is 13.0 Å². The van der Waals surface area contributed by atoms with Crippen LogP contribution in [0.4, 0.5) is 0 Å². The van der Waals surface area contributed by atoms with Crippen LogP contribution < -0.4 is 9.47 Å². The van der Waals surface area contributed by atoms with E-state index in [1.54, 1.807) is 24.3 Å². The maximum Gasteiger partial charge on any atom is 0.303 e. The normalized spacial score (nSPS) is 16.6. The molecule has 7 nitrogen and oxygen atoms in total. The van der Waals surface area contributed by atoms with Crippen molar-refractivity contribution in [2.24, 2.45) is 5.92 Å². The van der Waals surface area contributed by atoms with E-state index in [2.05, 4.69) is 0 Å². The molecule has 0 bridgehead atoms. The number of phenols is 1. The van der Waals surface area contributed by atoms with Gasteiger partial charge >= 0.3 is 5.97 Å². The van der Waals surface area contributed by atoms with Crippen molar-refractivity contribution in [3.8, 4) is 17.2 Å². The molecule has 2 unspecified atom stereocenters. The van der Waals surface area contributed by atoms with Gasteiger partial charge in [-0.15, -0.1) is 0 Å². The van der Waals surface area contributed by atoms with Gasteiger partial charge in [-0.25, -0.2) is 0 Å². The van der Waals surface area contributed by atoms with Crippen LogP contribution in [0.25, 0.3) is 0 Å². The van der Waals surface area contributed by atoms with E-state index in [0.29, 0.717) is 55.1 Å². The minimum absolute atomic E-state index is 0. The Morgan fingerprint density at radius 3 is 2.52 bits per heavy atom. The molecule has 3 N–H and O–H groups in total. The van der Waals surface area contributed by atoms with Gasteiger partial charge < -0.3 is 24.8 Å². The first-order chi connectivity index (χ1) is 15.3. The SMILES string of the molecule is CCCc1c(OCCCOc2ccc3c(c2)CC(CC(=O)O)C3O)ccc(C(C)=O)c1O.[Na]. The van der Waals surface area contributed by atoms with Crippen molar-refractivity contribution < 1.29 is 34.4 Å². The number of hydrogen-bond donors (Lipinski definition) is 3. The van der Waals surface area contributed by atoms with Crippen molar-refractivity contribution in [3.05, 3.63) is 52.6 Å². The average molecular weight is 465 g/mol. The first-order valence-electron chi connectivity index (χ1n) is 11.0. The molecule has 0 spiro atoms. The monoisotopic (exact) mass is 465 g/mol. The Kier molecular flexibility index (Phi) is 10.2. The van der Waals surface area contributed by atoms with Gasteiger partial charge in [0, 0.05) is 47.5 Å². The van der Waals surface area contributed by atoms with Gasteiger partial charge in [0.25, 0.3) is 0 Å². The van der Waals surface area contributed by atoms with Gasteiger partial charge in [-0.1, -0.05) is 19.4 Å². The first kappa shape index (κ1) is 27.2. The molecule has 0 saturated carbocycles. The summed E-state index contributed by atoms with van der Waals surface area (Å²) >= 11 is 0. The van der Waals surface area contributed by atoms with Crippen molar-refractivity contribution >= 4 is 41.3 Å². The van der Waals surface area contributed by atoms with E-state index in [1.165, 1.54) is 6.92 Å². The Hall–Kier alpha value is -2.06. The summed E-state index contributed by atoms with van der Waals surface area (Å²) in [6.45, 7) is 4.23. The second kappa shape index (κ2) is 12.4. The molecule has 173 valence electrons. The molecule has 0 fully saturated rings. The van der Waals surface area contributed by atoms with E-state index in [9.17, 15) is 19.8 Å². The third-order valence-electron chi connectivity index (χ3n) is 5.73. The zero-order valence-corrected chi connectivity index (χ0v) is 21.5. The summed E-state index contributed by atoms with van der Waals surface area (Å²) in [7, 11) is 0. The standard InChI is InChI=1S/C25H30O7.Na/c1-3-5-21-22(9-8-19(15(2)26)25(21)30)32-11-4-10-31-18-6-7-20-16(13-18)12-17(24(20)29)14-23(27)28;/h6-9,13,17,24,29-30H,3-5,10-12,14H2,1-2H3,(H,27,28);. The smallest absolute Gasteiger partial charge is 0.303 e. The third-order valence-corrected chi connectivity index (χ3v) is 5.73. The van der Waals surface area contributed by atoms with Crippen LogP contribution >= 0.6 is 0 Å². The molecule has 2 aromatic carbocycles. The predicted octanol–water partition coefficient (Wildman–Crippen LogP) is 3.69. The summed E-state index contributed by atoms with van der Waals surface area (Å²) < 4.78 is 11.6. The van der Waals surface area contributed by atoms with Gasteiger partial charge in [-0.3, -0.25) is 9.59 Å². The van der Waals surface area contributed by atoms with Crippen molar-refractivity contribution in [3.63, 3.8) is 0 Å². The number of aromatic hydroxyl groups is 1. The fourth-order valence-electron chi connectivity index (χ4n) is 4.15. The zero-order chi connectivity index (χ0) is 23.3. The number of rotatable bonds is 11. The first-order valence-corrected chi connectivity index (χ1v) is 11.0. The Labute approximate surface area is 216 Å². The number of fused-ring (bicyclic) bond motifs is 1. The second-order valence-corrected chi connectivity index (χ2v) is 8.16. The second-order valence-electron chi connectivity index (χ2n) is 8.16. The van der Waals surface area contributed by atoms with Gasteiger partial charge in [-0.2, -0.15) is 0 Å². The number of Topliss-reactive ketones (excluding diaryl/α,β-unsaturated/α-hetero) is 1. The maximum atomic E-state index is 11.7. The van der Waals surface area contributed by atoms with E-state index < -0.39 is 12.1 Å². The van der Waals surface area contributed by atoms with E-state index in [-0.39, 0.29) is 53.4 Å². The van der Waals surface area contributed by atoms with Crippen LogP contribution in [0.5, 0.6) is 17.2 Å². The predicted molar refractivity (Wildman–Crippen MR) is 124 cm³/mol. The number of aliphatic carboxylic acids is 1. The summed E-state index contributed by atoms with van der Waals surface area (Å²) in [6, 6.07) is 8.74. The fourth-order valence-corrected chi connectivity index (χ4v) is 4.15. The molecule has 1 aliphatic carbocycles. The Bertz CT molecular complexity index is 989. The molecular formula is C25H30NaO7. The number of aliphatic hydroxyl groups excluding tert-OH is 1. The van der Waals surface area contributed by atoms with Crippen molar-refractivity contribution in [1.82, 2.24) is 0 Å². The van der Waals surface area contributed by atoms with Crippen LogP contribution in [0.15, 0.2) is 30.3 Å². The van der Waals surface area contributed by atoms with Crippen LogP contribution in [0.2, 0.25) is 0 Å². The number of carboxylic acid groups (broad SMARTS) is 1. The number of ketones is 1. The molecule has 1 radical (unpaired) electrons. The van der Waals surface area contributed by atoms with Crippen LogP contribution in [-0.4, -0.2) is 69.8 Å². The molecule has 0 heterocycles. The number of hydrogen-bond acceptors (Lipinski definition) is 6. The molecule has 2 aromatic rings. The molecule has 0 aliphatic heterocycles. The molecule has 0 amide bonds. The van der Waals surface area contributed by atoms with Crippen molar-refractivity contribution in [2.75, 3.05) is 13.2 Å². The molecule has 33 heavy (non-hydrogen) atoms. The third kappa shape index (κ3) is 6.73. The average Bonchev–Trinajstić information content (AvgIpc) is 3.04. The minimum Gasteiger partial charge on any atom is -0.507 e. The fraction of sp³-hybridized carbons (Fsp3) is 0.440. The number of carboxylic acids is 1. The Morgan fingerprint density at radius 1 is 1.12 bits per heavy atom. The number of carbonyl (C=O) groups is 2. The van der Waals surface area contributed by atoms with Gasteiger partial charge in [0.15, 0.2) is 5.78 Å². The molecule has 0 aromatic heterocycles. The summed E-state index contributed by atoms with van der Waals surface area (Å²) in [4.78, 5) is 22.6. The van der Waals surface area contributed by atoms with Crippen LogP contribution in [0, 0.1) is 5.92 Å². The summed E-state index contributed by atoms with van der Waals surface area (Å²) in [5, 5.41) is 29.7. The number of phenolic OH excluding ortho intramolecular Hbond substituents is 1.